The second-order valence-electron chi connectivity index (χ2n) is 5.20. The third kappa shape index (κ3) is 4.08. The Balaban J connectivity index is 1.79. The Morgan fingerprint density at radius 2 is 2.00 bits per heavy atom. The molecule has 0 spiro atoms. The summed E-state index contributed by atoms with van der Waals surface area (Å²) in [6.45, 7) is 0.690. The van der Waals surface area contributed by atoms with Crippen LogP contribution in [0, 0.1) is 0 Å². The molecular weight excluding hydrogens is 365 g/mol. The van der Waals surface area contributed by atoms with E-state index in [0.29, 0.717) is 24.7 Å². The number of carbonyl (C=O) groups is 1. The van der Waals surface area contributed by atoms with Crippen LogP contribution in [0.2, 0.25) is 0 Å². The highest BCUT2D eigenvalue weighted by Gasteiger charge is 2.38. The molecule has 0 aromatic carbocycles. The minimum absolute atomic E-state index is 0.00961. The summed E-state index contributed by atoms with van der Waals surface area (Å²) in [4.78, 5) is 19.2. The molecule has 0 unspecified atom stereocenters. The van der Waals surface area contributed by atoms with E-state index in [9.17, 15) is 22.5 Å². The Morgan fingerprint density at radius 3 is 2.56 bits per heavy atom. The third-order valence-electron chi connectivity index (χ3n) is 3.37. The molecule has 1 fully saturated rings. The fourth-order valence-electron chi connectivity index (χ4n) is 2.06. The number of pyridine rings is 1. The van der Waals surface area contributed by atoms with Crippen LogP contribution in [0.1, 0.15) is 16.2 Å². The van der Waals surface area contributed by atoms with Gasteiger partial charge in [-0.15, -0.1) is 0 Å². The minimum Gasteiger partial charge on any atom is -0.380 e. The fraction of sp³-hybridized carbons (Fsp3) is 0.385. The van der Waals surface area contributed by atoms with Crippen molar-refractivity contribution < 1.29 is 31.8 Å². The summed E-state index contributed by atoms with van der Waals surface area (Å²) >= 11 is 0. The van der Waals surface area contributed by atoms with Crippen molar-refractivity contribution in [1.29, 1.82) is 0 Å². The van der Waals surface area contributed by atoms with Crippen LogP contribution in [0.25, 0.3) is 11.5 Å². The number of hydrogen-bond acceptors (Lipinski definition) is 6. The van der Waals surface area contributed by atoms with Gasteiger partial charge in [-0.05, 0) is 12.1 Å². The average Bonchev–Trinajstić information content (AvgIpc) is 3.05. The molecule has 0 bridgehead atoms. The van der Waals surface area contributed by atoms with E-state index in [4.69, 9.17) is 4.74 Å². The van der Waals surface area contributed by atoms with Gasteiger partial charge in [0.2, 0.25) is 5.82 Å². The summed E-state index contributed by atoms with van der Waals surface area (Å²) in [6, 6.07) is 2.60. The molecule has 25 heavy (non-hydrogen) atoms. The van der Waals surface area contributed by atoms with Crippen LogP contribution >= 0.6 is 0 Å². The van der Waals surface area contributed by atoms with Crippen LogP contribution in [0.5, 0.6) is 0 Å². The molecule has 1 amide bonds. The molecule has 2 aromatic rings. The molecule has 12 heteroatoms. The number of hydrogen-bond donors (Lipinski definition) is 2. The summed E-state index contributed by atoms with van der Waals surface area (Å²) in [5, 5.41) is 3.21. The second-order valence-corrected chi connectivity index (χ2v) is 8.05. The van der Waals surface area contributed by atoms with Crippen molar-refractivity contribution in [2.75, 3.05) is 24.7 Å². The van der Waals surface area contributed by atoms with E-state index in [0.717, 1.165) is 6.20 Å². The smallest absolute Gasteiger partial charge is 0.380 e. The van der Waals surface area contributed by atoms with Crippen molar-refractivity contribution in [3.05, 3.63) is 29.8 Å². The second kappa shape index (κ2) is 6.61. The van der Waals surface area contributed by atoms with Crippen molar-refractivity contribution in [3.8, 4) is 11.5 Å². The Labute approximate surface area is 140 Å². The Hall–Kier alpha value is -2.18. The van der Waals surface area contributed by atoms with Gasteiger partial charge >= 0.3 is 12.1 Å². The highest BCUT2D eigenvalue weighted by Crippen LogP contribution is 2.29. The Bertz CT molecular complexity index is 825. The molecule has 1 N–H and O–H groups in total. The van der Waals surface area contributed by atoms with Gasteiger partial charge < -0.3 is 13.8 Å². The monoisotopic (exact) mass is 378 g/mol. The molecule has 1 saturated heterocycles. The van der Waals surface area contributed by atoms with E-state index in [2.05, 4.69) is 24.0 Å². The molecule has 0 radical (unpaired) electrons. The molecular formula is C13H13F3N4O4S. The van der Waals surface area contributed by atoms with Gasteiger partial charge in [0.15, 0.2) is 0 Å². The normalized spacial score (nSPS) is 18.6. The zero-order chi connectivity index (χ0) is 18.1. The Morgan fingerprint density at radius 1 is 1.28 bits per heavy atom. The van der Waals surface area contributed by atoms with Crippen molar-refractivity contribution in [2.24, 2.45) is 4.36 Å². The lowest BCUT2D eigenvalue weighted by Gasteiger charge is -2.27. The van der Waals surface area contributed by atoms with E-state index < -0.39 is 28.1 Å². The molecule has 1 aliphatic heterocycles. The van der Waals surface area contributed by atoms with Gasteiger partial charge in [-0.25, -0.2) is 0 Å². The van der Waals surface area contributed by atoms with Crippen LogP contribution in [0.3, 0.4) is 0 Å². The quantitative estimate of drug-likeness (QED) is 0.768. The average molecular weight is 378 g/mol. The predicted octanol–water partition coefficient (Wildman–Crippen LogP) is 1.86. The molecule has 0 atom stereocenters. The van der Waals surface area contributed by atoms with Crippen LogP contribution in [0.4, 0.5) is 13.2 Å². The topological polar surface area (TPSA) is 111 Å². The number of halogens is 3. The summed E-state index contributed by atoms with van der Waals surface area (Å²) in [7, 11) is -2.71. The number of nitrogens with zero attached hydrogens (tertiary/aromatic N) is 4. The maximum atomic E-state index is 12.4. The summed E-state index contributed by atoms with van der Waals surface area (Å²) in [5.41, 5.74) is 0.110. The zero-order valence-electron chi connectivity index (χ0n) is 12.6. The molecule has 8 nitrogen and oxygen atoms in total. The highest BCUT2D eigenvalue weighted by atomic mass is 32.3. The van der Waals surface area contributed by atoms with Gasteiger partial charge in [-0.2, -0.15) is 22.5 Å². The lowest BCUT2D eigenvalue weighted by atomic mass is 10.2. The molecule has 1 aliphatic rings. The van der Waals surface area contributed by atoms with Crippen molar-refractivity contribution in [2.45, 2.75) is 6.18 Å². The maximum absolute atomic E-state index is 12.4. The van der Waals surface area contributed by atoms with Gasteiger partial charge in [0.25, 0.3) is 5.91 Å². The van der Waals surface area contributed by atoms with Crippen LogP contribution < -0.4 is 0 Å². The third-order valence-corrected chi connectivity index (χ3v) is 5.72. The van der Waals surface area contributed by atoms with E-state index in [1.54, 1.807) is 0 Å². The van der Waals surface area contributed by atoms with E-state index in [1.165, 1.54) is 12.1 Å². The van der Waals surface area contributed by atoms with Crippen LogP contribution in [-0.4, -0.2) is 50.3 Å². The summed E-state index contributed by atoms with van der Waals surface area (Å²) in [5.74, 6) is -1.84. The fourth-order valence-corrected chi connectivity index (χ4v) is 3.78. The molecule has 0 aliphatic carbocycles. The predicted molar refractivity (Wildman–Crippen MR) is 81.2 cm³/mol. The van der Waals surface area contributed by atoms with Gasteiger partial charge in [-0.1, -0.05) is 15.3 Å². The van der Waals surface area contributed by atoms with Crippen molar-refractivity contribution >= 4 is 16.0 Å². The molecule has 3 rings (SSSR count). The SMILES string of the molecule is O=C(N=[SH]1(O)CCOCC1)c1ccc(-c2noc(C(F)(F)F)n2)nc1. The number of carbonyl (C=O) groups excluding carboxylic acids is 1. The van der Waals surface area contributed by atoms with Gasteiger partial charge in [0.1, 0.15) is 5.69 Å². The summed E-state index contributed by atoms with van der Waals surface area (Å²) in [6.07, 6.45) is -3.61. The first-order valence-electron chi connectivity index (χ1n) is 7.09. The van der Waals surface area contributed by atoms with Gasteiger partial charge in [0.05, 0.1) is 18.8 Å². The largest absolute Gasteiger partial charge is 0.471 e. The number of aromatic nitrogens is 3. The number of rotatable bonds is 2. The van der Waals surface area contributed by atoms with E-state index in [1.807, 2.05) is 0 Å². The van der Waals surface area contributed by atoms with Crippen molar-refractivity contribution in [1.82, 2.24) is 15.1 Å². The van der Waals surface area contributed by atoms with Crippen LogP contribution in [-0.2, 0) is 21.0 Å². The van der Waals surface area contributed by atoms with E-state index in [-0.39, 0.29) is 17.1 Å². The highest BCUT2D eigenvalue weighted by molar-refractivity contribution is 8.00. The standard InChI is InChI=1S/C13H13F3N4O4S/c14-13(15,16)12-18-10(19-24-12)9-2-1-8(7-17-9)11(21)20-25(22)5-3-23-4-6-25/h1-2,7,25H,3-6H2,(H,20,21,22). The lowest BCUT2D eigenvalue weighted by molar-refractivity contribution is -0.159. The molecule has 3 heterocycles. The first-order valence-corrected chi connectivity index (χ1v) is 9.16. The maximum Gasteiger partial charge on any atom is 0.471 e. The van der Waals surface area contributed by atoms with Gasteiger partial charge in [-0.3, -0.25) is 9.78 Å². The first kappa shape index (κ1) is 17.6. The number of ether oxygens (including phenoxy) is 1. The molecule has 136 valence electrons. The minimum atomic E-state index is -4.75. The Kier molecular flexibility index (Phi) is 4.67. The molecule has 2 aromatic heterocycles. The summed E-state index contributed by atoms with van der Waals surface area (Å²) < 4.78 is 60.8. The first-order chi connectivity index (χ1) is 11.8. The lowest BCUT2D eigenvalue weighted by Crippen LogP contribution is -2.32. The van der Waals surface area contributed by atoms with E-state index >= 15 is 0 Å². The zero-order valence-corrected chi connectivity index (χ0v) is 13.5. The number of amides is 1. The van der Waals surface area contributed by atoms with Crippen LogP contribution in [0.15, 0.2) is 27.2 Å². The van der Waals surface area contributed by atoms with Gasteiger partial charge in [0, 0.05) is 17.7 Å². The number of thiol groups is 1. The molecule has 0 saturated carbocycles. The van der Waals surface area contributed by atoms with Crippen molar-refractivity contribution in [3.63, 3.8) is 0 Å². The number of alkyl halides is 3.